The van der Waals surface area contributed by atoms with E-state index in [1.165, 1.54) is 24.3 Å². The Morgan fingerprint density at radius 1 is 0.571 bits per heavy atom. The van der Waals surface area contributed by atoms with Crippen LogP contribution in [0.2, 0.25) is 0 Å². The summed E-state index contributed by atoms with van der Waals surface area (Å²) in [7, 11) is -9.84. The van der Waals surface area contributed by atoms with Gasteiger partial charge in [-0.3, -0.25) is 0 Å². The van der Waals surface area contributed by atoms with Crippen molar-refractivity contribution in [2.24, 2.45) is 20.5 Å². The molecule has 0 aliphatic carbocycles. The van der Waals surface area contributed by atoms with Gasteiger partial charge < -0.3 is 19.5 Å². The molecular formula is C32H20N5Na3O7S2. The van der Waals surface area contributed by atoms with Gasteiger partial charge in [-0.1, -0.05) is 72.4 Å². The molecule has 0 saturated carbocycles. The van der Waals surface area contributed by atoms with Crippen LogP contribution in [-0.4, -0.2) is 31.0 Å². The molecule has 0 heterocycles. The summed E-state index contributed by atoms with van der Waals surface area (Å²) >= 11 is 0. The van der Waals surface area contributed by atoms with Crippen molar-refractivity contribution in [3.05, 3.63) is 115 Å². The molecule has 2 N–H and O–H groups in total. The quantitative estimate of drug-likeness (QED) is 0.0856. The van der Waals surface area contributed by atoms with Crippen molar-refractivity contribution in [2.75, 3.05) is 5.32 Å². The molecule has 0 spiro atoms. The van der Waals surface area contributed by atoms with Gasteiger partial charge in [0.25, 0.3) is 0 Å². The van der Waals surface area contributed by atoms with Crippen molar-refractivity contribution in [2.45, 2.75) is 9.79 Å². The molecular weight excluding hydrogens is 699 g/mol. The zero-order valence-corrected chi connectivity index (χ0v) is 34.0. The van der Waals surface area contributed by atoms with Gasteiger partial charge in [-0.2, -0.15) is 5.11 Å². The van der Waals surface area contributed by atoms with E-state index in [-0.39, 0.29) is 117 Å². The minimum Gasteiger partial charge on any atom is -0.746 e. The SMILES string of the molecule is O=S(=O)([O-])c1[c-]c(Nc2ccccc2)ccc1N=Nc1ccc(N=Nc2c(O)cc(S(=O)(=O)[O-])c3ccccc23)c2ccccc12.[Na+].[Na+].[Na+]. The standard InChI is InChI=1S/C32H22N5O7S2.3Na/c38-29-19-30(45(39,40)41)24-12-6-7-13-25(24)32(29)37-35-27-17-16-26(22-10-4-5-11-23(22)27)34-36-28-15-14-21(18-31(28)46(42,43)44)33-20-8-2-1-3-9-20;;;/h1-17,19,33,38H,(H,39,40,41)(H,42,43,44);;;/q-1;3*+1/p-2. The van der Waals surface area contributed by atoms with Crippen LogP contribution in [0.4, 0.5) is 34.1 Å². The van der Waals surface area contributed by atoms with E-state index < -0.39 is 35.8 Å². The topological polar surface area (TPSA) is 196 Å². The van der Waals surface area contributed by atoms with Crippen LogP contribution in [0.25, 0.3) is 21.5 Å². The van der Waals surface area contributed by atoms with Crippen molar-refractivity contribution in [3.8, 4) is 5.75 Å². The zero-order valence-electron chi connectivity index (χ0n) is 26.4. The number of anilines is 2. The zero-order chi connectivity index (χ0) is 32.5. The third-order valence-electron chi connectivity index (χ3n) is 6.82. The number of phenols is 1. The normalized spacial score (nSPS) is 11.6. The van der Waals surface area contributed by atoms with Crippen LogP contribution in [-0.2, 0) is 20.2 Å². The van der Waals surface area contributed by atoms with Crippen molar-refractivity contribution in [1.29, 1.82) is 0 Å². The fourth-order valence-corrected chi connectivity index (χ4v) is 6.07. The largest absolute Gasteiger partial charge is 1.00 e. The maximum atomic E-state index is 12.1. The molecule has 0 saturated heterocycles. The molecule has 49 heavy (non-hydrogen) atoms. The molecule has 6 rings (SSSR count). The molecule has 6 aromatic carbocycles. The average Bonchev–Trinajstić information content (AvgIpc) is 3.03. The first kappa shape index (κ1) is 40.9. The Bertz CT molecular complexity index is 2430. The molecule has 12 nitrogen and oxygen atoms in total. The second-order valence-corrected chi connectivity index (χ2v) is 12.5. The number of nitrogens with one attached hydrogen (secondary N) is 1. The minimum atomic E-state index is -4.96. The van der Waals surface area contributed by atoms with Gasteiger partial charge in [0, 0.05) is 33.3 Å². The van der Waals surface area contributed by atoms with Crippen LogP contribution < -0.4 is 94.0 Å². The summed E-state index contributed by atoms with van der Waals surface area (Å²) in [6.45, 7) is 0. The number of phenolic OH excluding ortho intramolecular Hbond substituents is 1. The molecule has 0 aliphatic rings. The first-order valence-corrected chi connectivity index (χ1v) is 16.2. The number of hydrogen-bond donors (Lipinski definition) is 2. The average molecular weight is 720 g/mol. The van der Waals surface area contributed by atoms with Gasteiger partial charge in [0.15, 0.2) is 0 Å². The van der Waals surface area contributed by atoms with E-state index in [1.807, 2.05) is 6.07 Å². The van der Waals surface area contributed by atoms with E-state index >= 15 is 0 Å². The Balaban J connectivity index is 0.00000217. The Labute approximate surface area is 348 Å². The summed E-state index contributed by atoms with van der Waals surface area (Å²) in [5, 5.41) is 31.8. The van der Waals surface area contributed by atoms with Crippen molar-refractivity contribution >= 4 is 75.9 Å². The number of aromatic hydroxyl groups is 1. The van der Waals surface area contributed by atoms with Gasteiger partial charge in [0.2, 0.25) is 0 Å². The molecule has 0 bridgehead atoms. The maximum absolute atomic E-state index is 12.1. The number of benzene rings is 6. The van der Waals surface area contributed by atoms with Crippen molar-refractivity contribution in [3.63, 3.8) is 0 Å². The Morgan fingerprint density at radius 3 is 1.63 bits per heavy atom. The van der Waals surface area contributed by atoms with Crippen LogP contribution in [0.5, 0.6) is 5.75 Å². The van der Waals surface area contributed by atoms with Gasteiger partial charge in [-0.25, -0.2) is 21.9 Å². The number of fused-ring (bicyclic) bond motifs is 2. The predicted molar refractivity (Wildman–Crippen MR) is 169 cm³/mol. The van der Waals surface area contributed by atoms with E-state index in [0.29, 0.717) is 27.8 Å². The molecule has 0 aromatic heterocycles. The van der Waals surface area contributed by atoms with E-state index in [1.54, 1.807) is 72.8 Å². The number of para-hydroxylation sites is 1. The van der Waals surface area contributed by atoms with Gasteiger partial charge >= 0.3 is 88.7 Å². The van der Waals surface area contributed by atoms with E-state index in [9.17, 15) is 31.0 Å². The van der Waals surface area contributed by atoms with E-state index in [2.05, 4.69) is 31.8 Å². The van der Waals surface area contributed by atoms with Crippen LogP contribution >= 0.6 is 0 Å². The Hall–Kier alpha value is -2.54. The van der Waals surface area contributed by atoms with Gasteiger partial charge in [-0.15, -0.1) is 28.4 Å². The van der Waals surface area contributed by atoms with Crippen LogP contribution in [0, 0.1) is 6.07 Å². The summed E-state index contributed by atoms with van der Waals surface area (Å²) in [6.07, 6.45) is 0. The molecule has 0 radical (unpaired) electrons. The smallest absolute Gasteiger partial charge is 0.746 e. The van der Waals surface area contributed by atoms with Crippen molar-refractivity contribution in [1.82, 2.24) is 0 Å². The molecule has 0 atom stereocenters. The first-order valence-electron chi connectivity index (χ1n) is 13.4. The third kappa shape index (κ3) is 9.42. The Morgan fingerprint density at radius 2 is 1.06 bits per heavy atom. The number of rotatable bonds is 8. The third-order valence-corrected chi connectivity index (χ3v) is 8.51. The number of hydrogen-bond acceptors (Lipinski definition) is 12. The fourth-order valence-electron chi connectivity index (χ4n) is 4.76. The maximum Gasteiger partial charge on any atom is 1.00 e. The first-order chi connectivity index (χ1) is 22.0. The summed E-state index contributed by atoms with van der Waals surface area (Å²) in [5.41, 5.74) is 1.36. The fraction of sp³-hybridized carbons (Fsp3) is 0. The van der Waals surface area contributed by atoms with Crippen molar-refractivity contribution < 1.29 is 120 Å². The predicted octanol–water partition coefficient (Wildman–Crippen LogP) is -1.11. The van der Waals surface area contributed by atoms with Gasteiger partial charge in [0.1, 0.15) is 31.7 Å². The van der Waals surface area contributed by atoms with E-state index in [0.717, 1.165) is 6.07 Å². The van der Waals surface area contributed by atoms with Crippen LogP contribution in [0.15, 0.2) is 139 Å². The Kier molecular flexibility index (Phi) is 14.3. The van der Waals surface area contributed by atoms with Gasteiger partial charge in [0.05, 0.1) is 16.3 Å². The summed E-state index contributed by atoms with van der Waals surface area (Å²) in [4.78, 5) is -1.25. The molecule has 0 amide bonds. The van der Waals surface area contributed by atoms with E-state index in [4.69, 9.17) is 0 Å². The molecule has 0 aliphatic heterocycles. The molecule has 0 unspecified atom stereocenters. The van der Waals surface area contributed by atoms with Crippen LogP contribution in [0.3, 0.4) is 0 Å². The molecule has 230 valence electrons. The van der Waals surface area contributed by atoms with Crippen LogP contribution in [0.1, 0.15) is 0 Å². The number of azo groups is 2. The second kappa shape index (κ2) is 17.1. The van der Waals surface area contributed by atoms with Gasteiger partial charge in [-0.05, 0) is 34.8 Å². The molecule has 17 heteroatoms. The summed E-state index contributed by atoms with van der Waals surface area (Å²) in [6, 6.07) is 31.4. The summed E-state index contributed by atoms with van der Waals surface area (Å²) < 4.78 is 71.6. The second-order valence-electron chi connectivity index (χ2n) is 9.82. The number of nitrogens with zero attached hydrogens (tertiary/aromatic N) is 4. The minimum absolute atomic E-state index is 0. The molecule has 6 aromatic rings. The summed E-state index contributed by atoms with van der Waals surface area (Å²) in [5.74, 6) is -0.544. The molecule has 0 fully saturated rings. The monoisotopic (exact) mass is 719 g/mol.